The fourth-order valence-electron chi connectivity index (χ4n) is 1.58. The van der Waals surface area contributed by atoms with Crippen LogP contribution in [-0.2, 0) is 9.59 Å². The number of nitrogens with one attached hydrogen (secondary N) is 1. The summed E-state index contributed by atoms with van der Waals surface area (Å²) in [5.74, 6) is -1.56. The molecule has 4 N–H and O–H groups in total. The fourth-order valence-corrected chi connectivity index (χ4v) is 1.58. The van der Waals surface area contributed by atoms with Crippen LogP contribution in [0.15, 0.2) is 18.2 Å². The van der Waals surface area contributed by atoms with Gasteiger partial charge in [-0.25, -0.2) is 0 Å². The second-order valence-electron chi connectivity index (χ2n) is 4.29. The van der Waals surface area contributed by atoms with Crippen molar-refractivity contribution in [3.05, 3.63) is 33.9 Å². The Hall–Kier alpha value is -2.48. The van der Waals surface area contributed by atoms with Gasteiger partial charge in [0.25, 0.3) is 5.69 Å². The van der Waals surface area contributed by atoms with Crippen molar-refractivity contribution >= 4 is 23.3 Å². The molecule has 0 fully saturated rings. The van der Waals surface area contributed by atoms with Crippen molar-refractivity contribution in [1.29, 1.82) is 0 Å². The maximum atomic E-state index is 11.7. The second-order valence-corrected chi connectivity index (χ2v) is 4.29. The maximum absolute atomic E-state index is 11.7. The Kier molecular flexibility index (Phi) is 5.15. The molecule has 0 aliphatic rings. The molecule has 0 saturated carbocycles. The minimum Gasteiger partial charge on any atom is -0.481 e. The summed E-state index contributed by atoms with van der Waals surface area (Å²) in [6, 6.07) is 3.20. The summed E-state index contributed by atoms with van der Waals surface area (Å²) in [5.41, 5.74) is 6.29. The number of nitro benzene ring substituents is 1. The SMILES string of the molecule is Cc1cc(NC(=O)C(N)CCC(=O)O)ccc1[N+](=O)[O-]. The first-order valence-corrected chi connectivity index (χ1v) is 5.84. The van der Waals surface area contributed by atoms with Gasteiger partial charge < -0.3 is 16.2 Å². The lowest BCUT2D eigenvalue weighted by molar-refractivity contribution is -0.385. The number of hydrogen-bond acceptors (Lipinski definition) is 5. The number of aryl methyl sites for hydroxylation is 1. The molecule has 0 radical (unpaired) electrons. The third-order valence-corrected chi connectivity index (χ3v) is 2.67. The van der Waals surface area contributed by atoms with Gasteiger partial charge in [0.15, 0.2) is 0 Å². The Labute approximate surface area is 114 Å². The molecule has 1 aromatic rings. The Bertz CT molecular complexity index is 544. The number of amides is 1. The van der Waals surface area contributed by atoms with Crippen LogP contribution in [0.4, 0.5) is 11.4 Å². The molecule has 8 heteroatoms. The van der Waals surface area contributed by atoms with Crippen LogP contribution in [0.5, 0.6) is 0 Å². The van der Waals surface area contributed by atoms with E-state index in [1.807, 2.05) is 0 Å². The molecule has 1 unspecified atom stereocenters. The summed E-state index contributed by atoms with van der Waals surface area (Å²) in [6.07, 6.45) is -0.180. The van der Waals surface area contributed by atoms with E-state index in [2.05, 4.69) is 5.32 Å². The average molecular weight is 281 g/mol. The van der Waals surface area contributed by atoms with Gasteiger partial charge in [0, 0.05) is 23.7 Å². The van der Waals surface area contributed by atoms with E-state index in [9.17, 15) is 19.7 Å². The van der Waals surface area contributed by atoms with Gasteiger partial charge >= 0.3 is 5.97 Å². The Morgan fingerprint density at radius 1 is 1.50 bits per heavy atom. The smallest absolute Gasteiger partial charge is 0.303 e. The van der Waals surface area contributed by atoms with E-state index in [0.717, 1.165) is 0 Å². The summed E-state index contributed by atoms with van der Waals surface area (Å²) in [4.78, 5) is 32.2. The molecular formula is C12H15N3O5. The first-order valence-electron chi connectivity index (χ1n) is 5.84. The van der Waals surface area contributed by atoms with Crippen LogP contribution >= 0.6 is 0 Å². The molecule has 0 heterocycles. The van der Waals surface area contributed by atoms with E-state index < -0.39 is 22.8 Å². The lowest BCUT2D eigenvalue weighted by Gasteiger charge is -2.11. The first-order chi connectivity index (χ1) is 9.31. The molecule has 0 aliphatic carbocycles. The number of carboxylic acid groups (broad SMARTS) is 1. The third kappa shape index (κ3) is 4.32. The number of anilines is 1. The topological polar surface area (TPSA) is 136 Å². The summed E-state index contributed by atoms with van der Waals surface area (Å²) in [6.45, 7) is 1.55. The van der Waals surface area contributed by atoms with Crippen molar-refractivity contribution in [2.45, 2.75) is 25.8 Å². The van der Waals surface area contributed by atoms with Gasteiger partial charge in [-0.2, -0.15) is 0 Å². The highest BCUT2D eigenvalue weighted by atomic mass is 16.6. The zero-order valence-electron chi connectivity index (χ0n) is 10.8. The highest BCUT2D eigenvalue weighted by Crippen LogP contribution is 2.21. The van der Waals surface area contributed by atoms with Crippen LogP contribution in [0.1, 0.15) is 18.4 Å². The Balaban J connectivity index is 2.69. The van der Waals surface area contributed by atoms with Crippen LogP contribution < -0.4 is 11.1 Å². The van der Waals surface area contributed by atoms with Gasteiger partial charge in [0.2, 0.25) is 5.91 Å². The second kappa shape index (κ2) is 6.62. The van der Waals surface area contributed by atoms with E-state index in [4.69, 9.17) is 10.8 Å². The number of carbonyl (C=O) groups excluding carboxylic acids is 1. The van der Waals surface area contributed by atoms with Crippen LogP contribution in [0.2, 0.25) is 0 Å². The number of nitro groups is 1. The van der Waals surface area contributed by atoms with E-state index in [1.54, 1.807) is 6.92 Å². The van der Waals surface area contributed by atoms with Crippen LogP contribution in [0, 0.1) is 17.0 Å². The molecule has 1 aromatic carbocycles. The molecule has 8 nitrogen and oxygen atoms in total. The van der Waals surface area contributed by atoms with Gasteiger partial charge in [-0.1, -0.05) is 0 Å². The molecule has 20 heavy (non-hydrogen) atoms. The van der Waals surface area contributed by atoms with Gasteiger partial charge in [0.1, 0.15) is 0 Å². The highest BCUT2D eigenvalue weighted by Gasteiger charge is 2.16. The number of rotatable bonds is 6. The summed E-state index contributed by atoms with van der Waals surface area (Å²) in [7, 11) is 0. The quantitative estimate of drug-likeness (QED) is 0.526. The summed E-state index contributed by atoms with van der Waals surface area (Å²) in [5, 5.41) is 21.6. The van der Waals surface area contributed by atoms with E-state index in [1.165, 1.54) is 18.2 Å². The Morgan fingerprint density at radius 3 is 2.65 bits per heavy atom. The van der Waals surface area contributed by atoms with Crippen molar-refractivity contribution in [2.24, 2.45) is 5.73 Å². The third-order valence-electron chi connectivity index (χ3n) is 2.67. The minimum atomic E-state index is -1.03. The standard InChI is InChI=1S/C12H15N3O5/c1-7-6-8(2-4-10(7)15(19)20)14-12(18)9(13)3-5-11(16)17/h2,4,6,9H,3,5,13H2,1H3,(H,14,18)(H,16,17). The average Bonchev–Trinajstić information content (AvgIpc) is 2.35. The van der Waals surface area contributed by atoms with E-state index in [-0.39, 0.29) is 18.5 Å². The molecule has 0 aromatic heterocycles. The van der Waals surface area contributed by atoms with E-state index >= 15 is 0 Å². The number of benzene rings is 1. The van der Waals surface area contributed by atoms with E-state index in [0.29, 0.717) is 11.3 Å². The van der Waals surface area contributed by atoms with Crippen LogP contribution in [0.3, 0.4) is 0 Å². The molecule has 108 valence electrons. The van der Waals surface area contributed by atoms with Crippen molar-refractivity contribution in [3.8, 4) is 0 Å². The highest BCUT2D eigenvalue weighted by molar-refractivity contribution is 5.95. The molecule has 1 amide bonds. The number of nitrogens with zero attached hydrogens (tertiary/aromatic N) is 1. The van der Waals surface area contributed by atoms with Crippen molar-refractivity contribution < 1.29 is 19.6 Å². The number of aliphatic carboxylic acids is 1. The predicted molar refractivity (Wildman–Crippen MR) is 71.3 cm³/mol. The zero-order chi connectivity index (χ0) is 15.3. The van der Waals surface area contributed by atoms with Crippen molar-refractivity contribution in [1.82, 2.24) is 0 Å². The lowest BCUT2D eigenvalue weighted by atomic mass is 10.1. The number of hydrogen-bond donors (Lipinski definition) is 3. The molecule has 1 atom stereocenters. The summed E-state index contributed by atoms with van der Waals surface area (Å²) < 4.78 is 0. The number of carboxylic acids is 1. The zero-order valence-corrected chi connectivity index (χ0v) is 10.8. The number of carbonyl (C=O) groups is 2. The first kappa shape index (κ1) is 15.6. The fraction of sp³-hybridized carbons (Fsp3) is 0.333. The molecular weight excluding hydrogens is 266 g/mol. The van der Waals surface area contributed by atoms with Crippen LogP contribution in [-0.4, -0.2) is 27.9 Å². The molecule has 0 spiro atoms. The summed E-state index contributed by atoms with van der Waals surface area (Å²) >= 11 is 0. The minimum absolute atomic E-state index is 0.0210. The molecule has 0 saturated heterocycles. The lowest BCUT2D eigenvalue weighted by Crippen LogP contribution is -2.36. The van der Waals surface area contributed by atoms with Crippen molar-refractivity contribution in [2.75, 3.05) is 5.32 Å². The molecule has 0 aliphatic heterocycles. The Morgan fingerprint density at radius 2 is 2.15 bits per heavy atom. The van der Waals surface area contributed by atoms with Gasteiger partial charge in [0.05, 0.1) is 11.0 Å². The maximum Gasteiger partial charge on any atom is 0.303 e. The van der Waals surface area contributed by atoms with Crippen LogP contribution in [0.25, 0.3) is 0 Å². The normalized spacial score (nSPS) is 11.7. The largest absolute Gasteiger partial charge is 0.481 e. The predicted octanol–water partition coefficient (Wildman–Crippen LogP) is 1.03. The van der Waals surface area contributed by atoms with Gasteiger partial charge in [-0.3, -0.25) is 19.7 Å². The van der Waals surface area contributed by atoms with Crippen molar-refractivity contribution in [3.63, 3.8) is 0 Å². The number of nitrogens with two attached hydrogens (primary N) is 1. The molecule has 1 rings (SSSR count). The molecule has 0 bridgehead atoms. The van der Waals surface area contributed by atoms with Gasteiger partial charge in [-0.05, 0) is 25.5 Å². The van der Waals surface area contributed by atoms with Gasteiger partial charge in [-0.15, -0.1) is 0 Å². The monoisotopic (exact) mass is 281 g/mol.